The molecule has 0 aromatic carbocycles. The van der Waals surface area contributed by atoms with Gasteiger partial charge in [0.1, 0.15) is 6.10 Å². The zero-order valence-corrected chi connectivity index (χ0v) is 15.6. The molecule has 0 aromatic rings. The van der Waals surface area contributed by atoms with Crippen molar-refractivity contribution in [2.75, 3.05) is 0 Å². The van der Waals surface area contributed by atoms with Crippen LogP contribution < -0.4 is 0 Å². The van der Waals surface area contributed by atoms with Crippen LogP contribution in [0.15, 0.2) is 22.8 Å². The molecule has 1 fully saturated rings. The van der Waals surface area contributed by atoms with E-state index in [-0.39, 0.29) is 27.7 Å². The van der Waals surface area contributed by atoms with E-state index in [0.717, 1.165) is 24.3 Å². The van der Waals surface area contributed by atoms with Gasteiger partial charge in [-0.2, -0.15) is 0 Å². The van der Waals surface area contributed by atoms with Crippen LogP contribution in [0.5, 0.6) is 0 Å². The maximum Gasteiger partial charge on any atom is 0.302 e. The second kappa shape index (κ2) is 5.73. The van der Waals surface area contributed by atoms with Gasteiger partial charge in [-0.05, 0) is 31.6 Å². The van der Waals surface area contributed by atoms with Crippen LogP contribution in [-0.4, -0.2) is 16.9 Å². The van der Waals surface area contributed by atoms with Crippen molar-refractivity contribution >= 4 is 33.5 Å². The summed E-state index contributed by atoms with van der Waals surface area (Å²) in [5, 5.41) is 0.973. The molecule has 0 saturated heterocycles. The highest BCUT2D eigenvalue weighted by Gasteiger charge is 2.57. The Hall–Kier alpha value is -0.280. The summed E-state index contributed by atoms with van der Waals surface area (Å²) in [6.07, 6.45) is 3.49. The second-order valence-electron chi connectivity index (χ2n) is 7.02. The first-order valence-corrected chi connectivity index (χ1v) is 8.75. The van der Waals surface area contributed by atoms with E-state index in [1.54, 1.807) is 0 Å². The smallest absolute Gasteiger partial charge is 0.302 e. The Balaban J connectivity index is 2.37. The highest BCUT2D eigenvalue weighted by molar-refractivity contribution is 9.09. The first kappa shape index (κ1) is 17.1. The van der Waals surface area contributed by atoms with Crippen molar-refractivity contribution < 1.29 is 9.53 Å². The average molecular weight is 376 g/mol. The summed E-state index contributed by atoms with van der Waals surface area (Å²) in [4.78, 5) is 11.4. The molecule has 2 aliphatic rings. The fraction of sp³-hybridized carbons (Fsp3) is 0.706. The van der Waals surface area contributed by atoms with Gasteiger partial charge in [-0.3, -0.25) is 4.79 Å². The van der Waals surface area contributed by atoms with Crippen LogP contribution in [0.25, 0.3) is 0 Å². The number of allylic oxidation sites excluding steroid dienone is 2. The molecule has 0 radical (unpaired) electrons. The van der Waals surface area contributed by atoms with Crippen molar-refractivity contribution in [3.8, 4) is 0 Å². The normalized spacial score (nSPS) is 36.0. The number of alkyl halides is 1. The lowest BCUT2D eigenvalue weighted by molar-refractivity contribution is -0.150. The monoisotopic (exact) mass is 374 g/mol. The minimum absolute atomic E-state index is 0.0194. The van der Waals surface area contributed by atoms with Crippen molar-refractivity contribution in [3.05, 3.63) is 22.8 Å². The van der Waals surface area contributed by atoms with Gasteiger partial charge in [-0.25, -0.2) is 0 Å². The molecule has 2 aliphatic carbocycles. The van der Waals surface area contributed by atoms with Gasteiger partial charge < -0.3 is 4.74 Å². The highest BCUT2D eigenvalue weighted by atomic mass is 79.9. The molecule has 118 valence electrons. The van der Waals surface area contributed by atoms with Gasteiger partial charge >= 0.3 is 5.97 Å². The molecule has 1 saturated carbocycles. The molecule has 0 N–H and O–H groups in total. The van der Waals surface area contributed by atoms with E-state index in [4.69, 9.17) is 16.3 Å². The first-order chi connectivity index (χ1) is 9.61. The molecule has 2 rings (SSSR count). The number of rotatable bonds is 1. The van der Waals surface area contributed by atoms with Crippen LogP contribution in [0.1, 0.15) is 53.4 Å². The molecule has 0 amide bonds. The third-order valence-electron chi connectivity index (χ3n) is 5.54. The number of halogens is 2. The number of hydrogen-bond donors (Lipinski definition) is 0. The standard InChI is InChI=1S/C17H24BrClO2/c1-10-6-7-17(9-13(10)19)11(2)8-14(21-12(3)20)15(18)16(17,4)5/h14-15H,2,6-9H2,1,3-5H3/t14-,15+,17+/m0/s1. The van der Waals surface area contributed by atoms with Crippen molar-refractivity contribution in [2.24, 2.45) is 10.8 Å². The molecule has 0 bridgehead atoms. The molecular weight excluding hydrogens is 352 g/mol. The summed E-state index contributed by atoms with van der Waals surface area (Å²) in [7, 11) is 0. The van der Waals surface area contributed by atoms with Crippen LogP contribution in [0.4, 0.5) is 0 Å². The van der Waals surface area contributed by atoms with E-state index in [2.05, 4.69) is 43.3 Å². The molecule has 0 aliphatic heterocycles. The Morgan fingerprint density at radius 2 is 2.10 bits per heavy atom. The molecule has 21 heavy (non-hydrogen) atoms. The zero-order valence-electron chi connectivity index (χ0n) is 13.3. The van der Waals surface area contributed by atoms with Crippen molar-refractivity contribution in [2.45, 2.75) is 64.3 Å². The predicted octanol–water partition coefficient (Wildman–Crippen LogP) is 5.35. The molecular formula is C17H24BrClO2. The maximum atomic E-state index is 11.3. The van der Waals surface area contributed by atoms with Gasteiger partial charge in [-0.15, -0.1) is 0 Å². The third kappa shape index (κ3) is 2.72. The zero-order chi connectivity index (χ0) is 16.0. The molecule has 0 heterocycles. The van der Waals surface area contributed by atoms with E-state index >= 15 is 0 Å². The van der Waals surface area contributed by atoms with E-state index in [9.17, 15) is 4.79 Å². The molecule has 2 nitrogen and oxygen atoms in total. The largest absolute Gasteiger partial charge is 0.461 e. The summed E-state index contributed by atoms with van der Waals surface area (Å²) in [6, 6.07) is 0. The van der Waals surface area contributed by atoms with Crippen LogP contribution in [0, 0.1) is 10.8 Å². The molecule has 0 aromatic heterocycles. The first-order valence-electron chi connectivity index (χ1n) is 7.45. The quantitative estimate of drug-likeness (QED) is 0.351. The number of hydrogen-bond acceptors (Lipinski definition) is 2. The fourth-order valence-corrected chi connectivity index (χ4v) is 4.99. The summed E-state index contributed by atoms with van der Waals surface area (Å²) in [5.74, 6) is -0.235. The van der Waals surface area contributed by atoms with Crippen molar-refractivity contribution in [1.29, 1.82) is 0 Å². The van der Waals surface area contributed by atoms with Gasteiger partial charge in [0.2, 0.25) is 0 Å². The Morgan fingerprint density at radius 1 is 1.48 bits per heavy atom. The molecule has 4 heteroatoms. The lowest BCUT2D eigenvalue weighted by Crippen LogP contribution is -2.55. The van der Waals surface area contributed by atoms with E-state index < -0.39 is 0 Å². The lowest BCUT2D eigenvalue weighted by Gasteiger charge is -2.57. The van der Waals surface area contributed by atoms with Gasteiger partial charge in [0.25, 0.3) is 0 Å². The summed E-state index contributed by atoms with van der Waals surface area (Å²) in [6.45, 7) is 12.4. The van der Waals surface area contributed by atoms with Gasteiger partial charge in [0.15, 0.2) is 0 Å². The Bertz CT molecular complexity index is 509. The Kier molecular flexibility index (Phi) is 4.66. The summed E-state index contributed by atoms with van der Waals surface area (Å²) in [5.41, 5.74) is 2.36. The second-order valence-corrected chi connectivity index (χ2v) is 8.47. The molecule has 3 atom stereocenters. The van der Waals surface area contributed by atoms with Crippen LogP contribution in [0.2, 0.25) is 0 Å². The Morgan fingerprint density at radius 3 is 2.62 bits per heavy atom. The van der Waals surface area contributed by atoms with Gasteiger partial charge in [0, 0.05) is 23.8 Å². The SMILES string of the molecule is C=C1C[C@H](OC(C)=O)[C@@H](Br)C(C)(C)[C@@]12CCC(C)=C(Cl)C2. The van der Waals surface area contributed by atoms with E-state index in [1.165, 1.54) is 18.1 Å². The van der Waals surface area contributed by atoms with Gasteiger partial charge in [-0.1, -0.05) is 59.1 Å². The number of carbonyl (C=O) groups is 1. The van der Waals surface area contributed by atoms with E-state index in [1.807, 2.05) is 0 Å². The minimum atomic E-state index is -0.235. The van der Waals surface area contributed by atoms with Gasteiger partial charge in [0.05, 0.1) is 4.83 Å². The minimum Gasteiger partial charge on any atom is -0.461 e. The number of carbonyl (C=O) groups excluding carboxylic acids is 1. The van der Waals surface area contributed by atoms with Crippen molar-refractivity contribution in [1.82, 2.24) is 0 Å². The van der Waals surface area contributed by atoms with Crippen LogP contribution in [0.3, 0.4) is 0 Å². The maximum absolute atomic E-state index is 11.3. The Labute approximate surface area is 141 Å². The summed E-state index contributed by atoms with van der Waals surface area (Å²) >= 11 is 10.3. The number of ether oxygens (including phenoxy) is 1. The highest BCUT2D eigenvalue weighted by Crippen LogP contribution is 2.63. The topological polar surface area (TPSA) is 26.3 Å². The van der Waals surface area contributed by atoms with Crippen LogP contribution >= 0.6 is 27.5 Å². The average Bonchev–Trinajstić information content (AvgIpc) is 2.38. The summed E-state index contributed by atoms with van der Waals surface area (Å²) < 4.78 is 5.50. The number of esters is 1. The van der Waals surface area contributed by atoms with E-state index in [0.29, 0.717) is 6.42 Å². The third-order valence-corrected chi connectivity index (χ3v) is 7.73. The lowest BCUT2D eigenvalue weighted by atomic mass is 9.50. The predicted molar refractivity (Wildman–Crippen MR) is 90.6 cm³/mol. The van der Waals surface area contributed by atoms with Crippen molar-refractivity contribution in [3.63, 3.8) is 0 Å². The molecule has 1 spiro atoms. The fourth-order valence-electron chi connectivity index (χ4n) is 3.93. The van der Waals surface area contributed by atoms with Crippen LogP contribution in [-0.2, 0) is 9.53 Å². The molecule has 0 unspecified atom stereocenters.